The standard InChI is InChI=1S/C61H113NO5/c1-4-7-10-13-16-19-22-25-28-29-30-31-33-36-39-42-45-48-51-54-61(66)67-57(52-49-46-43-40-37-34-27-24-21-18-15-12-9-6-3)55-60(65)62-58(56-63)59(64)53-50-47-44-41-38-35-32-26-23-20-17-14-11-8-5-2/h9,12,18,21,25,27-28,34,57-59,63-64H,4-8,10-11,13-17,19-20,22-24,26,29-33,35-56H2,1-3H3,(H,62,65)/b12-9+,21-18+,28-25+,34-27+. The normalized spacial score (nSPS) is 13.4. The highest BCUT2D eigenvalue weighted by Gasteiger charge is 2.24. The Kier molecular flexibility index (Phi) is 53.0. The molecule has 3 N–H and O–H groups in total. The molecular weight excluding hydrogens is 827 g/mol. The van der Waals surface area contributed by atoms with Crippen LogP contribution < -0.4 is 5.32 Å². The van der Waals surface area contributed by atoms with Crippen LogP contribution in [0, 0.1) is 0 Å². The second kappa shape index (κ2) is 54.8. The summed E-state index contributed by atoms with van der Waals surface area (Å²) in [5, 5.41) is 23.9. The number of amides is 1. The summed E-state index contributed by atoms with van der Waals surface area (Å²) in [7, 11) is 0. The third-order valence-corrected chi connectivity index (χ3v) is 13.4. The molecule has 0 spiro atoms. The van der Waals surface area contributed by atoms with Gasteiger partial charge < -0.3 is 20.3 Å². The topological polar surface area (TPSA) is 95.9 Å². The molecule has 0 bridgehead atoms. The number of esters is 1. The maximum atomic E-state index is 13.3. The molecule has 0 heterocycles. The SMILES string of the molecule is CC/C=C/C/C=C/C/C=C/CCCCCCC(CC(=O)NC(CO)C(O)CCCCCCCCCCCCCCCCC)OC(=O)CCCCCCCCCCC/C=C/CCCCCCCC. The molecule has 0 aliphatic rings. The number of rotatable bonds is 53. The third kappa shape index (κ3) is 50.0. The predicted octanol–water partition coefficient (Wildman–Crippen LogP) is 18.2. The van der Waals surface area contributed by atoms with Crippen LogP contribution >= 0.6 is 0 Å². The molecule has 0 radical (unpaired) electrons. The Labute approximate surface area is 416 Å². The molecule has 3 unspecified atom stereocenters. The summed E-state index contributed by atoms with van der Waals surface area (Å²) in [6, 6.07) is -0.710. The molecule has 6 nitrogen and oxygen atoms in total. The van der Waals surface area contributed by atoms with Crippen molar-refractivity contribution in [1.82, 2.24) is 5.32 Å². The summed E-state index contributed by atoms with van der Waals surface area (Å²) < 4.78 is 5.96. The highest BCUT2D eigenvalue weighted by molar-refractivity contribution is 5.77. The fourth-order valence-electron chi connectivity index (χ4n) is 8.97. The Hall–Kier alpha value is -2.18. The zero-order valence-corrected chi connectivity index (χ0v) is 44.8. The largest absolute Gasteiger partial charge is 0.462 e. The minimum Gasteiger partial charge on any atom is -0.462 e. The maximum Gasteiger partial charge on any atom is 0.306 e. The molecule has 3 atom stereocenters. The van der Waals surface area contributed by atoms with Gasteiger partial charge in [0.2, 0.25) is 5.91 Å². The summed E-state index contributed by atoms with van der Waals surface area (Å²) in [5.41, 5.74) is 0. The highest BCUT2D eigenvalue weighted by atomic mass is 16.5. The lowest BCUT2D eigenvalue weighted by Crippen LogP contribution is -2.46. The van der Waals surface area contributed by atoms with E-state index in [-0.39, 0.29) is 24.9 Å². The summed E-state index contributed by atoms with van der Waals surface area (Å²) in [6.45, 7) is 6.39. The predicted molar refractivity (Wildman–Crippen MR) is 292 cm³/mol. The molecule has 0 saturated heterocycles. The number of aliphatic hydroxyl groups excluding tert-OH is 2. The summed E-state index contributed by atoms with van der Waals surface area (Å²) in [5.74, 6) is -0.487. The van der Waals surface area contributed by atoms with Crippen molar-refractivity contribution in [2.75, 3.05) is 6.61 Å². The maximum absolute atomic E-state index is 13.3. The summed E-state index contributed by atoms with van der Waals surface area (Å²) in [6.07, 6.45) is 67.5. The lowest BCUT2D eigenvalue weighted by Gasteiger charge is -2.24. The van der Waals surface area contributed by atoms with Crippen LogP contribution in [0.25, 0.3) is 0 Å². The monoisotopic (exact) mass is 940 g/mol. The van der Waals surface area contributed by atoms with Crippen LogP contribution in [-0.4, -0.2) is 46.9 Å². The van der Waals surface area contributed by atoms with E-state index in [1.807, 2.05) is 0 Å². The molecule has 0 aromatic heterocycles. The van der Waals surface area contributed by atoms with E-state index in [0.717, 1.165) is 89.9 Å². The molecule has 0 aromatic carbocycles. The number of carbonyl (C=O) groups is 2. The zero-order valence-electron chi connectivity index (χ0n) is 44.8. The summed E-state index contributed by atoms with van der Waals surface area (Å²) >= 11 is 0. The van der Waals surface area contributed by atoms with E-state index >= 15 is 0 Å². The van der Waals surface area contributed by atoms with Gasteiger partial charge in [0.05, 0.1) is 25.2 Å². The van der Waals surface area contributed by atoms with Crippen molar-refractivity contribution in [3.8, 4) is 0 Å². The van der Waals surface area contributed by atoms with Crippen molar-refractivity contribution < 1.29 is 24.5 Å². The number of hydrogen-bond acceptors (Lipinski definition) is 5. The number of allylic oxidation sites excluding steroid dienone is 8. The van der Waals surface area contributed by atoms with Gasteiger partial charge in [-0.3, -0.25) is 9.59 Å². The molecule has 0 fully saturated rings. The van der Waals surface area contributed by atoms with Crippen molar-refractivity contribution in [3.05, 3.63) is 48.6 Å². The molecule has 0 saturated carbocycles. The Bertz CT molecular complexity index is 1150. The minimum absolute atomic E-state index is 0.0634. The number of nitrogens with one attached hydrogen (secondary N) is 1. The molecule has 67 heavy (non-hydrogen) atoms. The summed E-state index contributed by atoms with van der Waals surface area (Å²) in [4.78, 5) is 26.3. The van der Waals surface area contributed by atoms with Gasteiger partial charge in [-0.2, -0.15) is 0 Å². The average molecular weight is 941 g/mol. The van der Waals surface area contributed by atoms with Crippen LogP contribution in [0.4, 0.5) is 0 Å². The lowest BCUT2D eigenvalue weighted by atomic mass is 10.0. The number of unbranched alkanes of at least 4 members (excludes halogenated alkanes) is 33. The van der Waals surface area contributed by atoms with Gasteiger partial charge in [-0.15, -0.1) is 0 Å². The number of carbonyl (C=O) groups excluding carboxylic acids is 2. The van der Waals surface area contributed by atoms with Gasteiger partial charge >= 0.3 is 5.97 Å². The first kappa shape index (κ1) is 64.8. The first-order chi connectivity index (χ1) is 33.0. The van der Waals surface area contributed by atoms with Crippen LogP contribution in [0.1, 0.15) is 303 Å². The quantitative estimate of drug-likeness (QED) is 0.0321. The van der Waals surface area contributed by atoms with Gasteiger partial charge in [0.1, 0.15) is 6.10 Å². The van der Waals surface area contributed by atoms with Crippen molar-refractivity contribution in [1.29, 1.82) is 0 Å². The van der Waals surface area contributed by atoms with Gasteiger partial charge in [-0.25, -0.2) is 0 Å². The molecular formula is C61H113NO5. The molecule has 6 heteroatoms. The second-order valence-corrected chi connectivity index (χ2v) is 20.0. The van der Waals surface area contributed by atoms with Crippen LogP contribution in [0.5, 0.6) is 0 Å². The van der Waals surface area contributed by atoms with E-state index in [2.05, 4.69) is 74.7 Å². The smallest absolute Gasteiger partial charge is 0.306 e. The van der Waals surface area contributed by atoms with Crippen molar-refractivity contribution in [2.45, 2.75) is 322 Å². The van der Waals surface area contributed by atoms with Crippen LogP contribution in [0.2, 0.25) is 0 Å². The number of aliphatic hydroxyl groups is 2. The van der Waals surface area contributed by atoms with Gasteiger partial charge in [-0.05, 0) is 83.5 Å². The first-order valence-corrected chi connectivity index (χ1v) is 29.4. The molecule has 0 aliphatic carbocycles. The molecule has 1 amide bonds. The Morgan fingerprint density at radius 1 is 0.448 bits per heavy atom. The van der Waals surface area contributed by atoms with Gasteiger partial charge in [0.15, 0.2) is 0 Å². The van der Waals surface area contributed by atoms with Crippen molar-refractivity contribution in [2.24, 2.45) is 0 Å². The fourth-order valence-corrected chi connectivity index (χ4v) is 8.97. The van der Waals surface area contributed by atoms with E-state index < -0.39 is 18.2 Å². The van der Waals surface area contributed by atoms with E-state index in [4.69, 9.17) is 4.74 Å². The van der Waals surface area contributed by atoms with Gasteiger partial charge in [0, 0.05) is 6.42 Å². The lowest BCUT2D eigenvalue weighted by molar-refractivity contribution is -0.151. The molecule has 0 aromatic rings. The first-order valence-electron chi connectivity index (χ1n) is 29.4. The minimum atomic E-state index is -0.795. The van der Waals surface area contributed by atoms with Gasteiger partial charge in [0.25, 0.3) is 0 Å². The Balaban J connectivity index is 4.53. The highest BCUT2D eigenvalue weighted by Crippen LogP contribution is 2.18. The zero-order chi connectivity index (χ0) is 48.8. The van der Waals surface area contributed by atoms with Crippen LogP contribution in [0.3, 0.4) is 0 Å². The second-order valence-electron chi connectivity index (χ2n) is 20.0. The molecule has 0 rings (SSSR count). The number of hydrogen-bond donors (Lipinski definition) is 3. The Morgan fingerprint density at radius 3 is 1.24 bits per heavy atom. The Morgan fingerprint density at radius 2 is 0.806 bits per heavy atom. The fraction of sp³-hybridized carbons (Fsp3) is 0.836. The van der Waals surface area contributed by atoms with Crippen LogP contribution in [0.15, 0.2) is 48.6 Å². The number of ether oxygens (including phenoxy) is 1. The van der Waals surface area contributed by atoms with Gasteiger partial charge in [-0.1, -0.05) is 256 Å². The van der Waals surface area contributed by atoms with E-state index in [1.165, 1.54) is 167 Å². The van der Waals surface area contributed by atoms with Crippen molar-refractivity contribution >= 4 is 11.9 Å². The average Bonchev–Trinajstić information content (AvgIpc) is 3.32. The molecule has 0 aliphatic heterocycles. The van der Waals surface area contributed by atoms with Crippen molar-refractivity contribution in [3.63, 3.8) is 0 Å². The van der Waals surface area contributed by atoms with E-state index in [1.54, 1.807) is 0 Å². The van der Waals surface area contributed by atoms with E-state index in [9.17, 15) is 19.8 Å². The third-order valence-electron chi connectivity index (χ3n) is 13.4. The molecule has 392 valence electrons. The van der Waals surface area contributed by atoms with E-state index in [0.29, 0.717) is 19.3 Å². The van der Waals surface area contributed by atoms with Crippen LogP contribution in [-0.2, 0) is 14.3 Å².